The summed E-state index contributed by atoms with van der Waals surface area (Å²) in [6, 6.07) is 3.53. The molecule has 1 saturated heterocycles. The lowest BCUT2D eigenvalue weighted by Gasteiger charge is -2.32. The Morgan fingerprint density at radius 1 is 1.20 bits per heavy atom. The monoisotopic (exact) mass is 384 g/mol. The van der Waals surface area contributed by atoms with Crippen molar-refractivity contribution in [3.05, 3.63) is 28.7 Å². The lowest BCUT2D eigenvalue weighted by molar-refractivity contribution is 0.163. The second-order valence-electron chi connectivity index (χ2n) is 7.31. The summed E-state index contributed by atoms with van der Waals surface area (Å²) in [5.41, 5.74) is -0.145. The predicted octanol–water partition coefficient (Wildman–Crippen LogP) is 2.24. The molecule has 0 aromatic carbocycles. The molecule has 2 aromatic heterocycles. The fraction of sp³-hybridized carbons (Fsp3) is 0.625. The lowest BCUT2D eigenvalue weighted by atomic mass is 9.96. The first-order valence-electron chi connectivity index (χ1n) is 8.28. The van der Waals surface area contributed by atoms with Crippen molar-refractivity contribution < 1.29 is 12.9 Å². The summed E-state index contributed by atoms with van der Waals surface area (Å²) in [6.45, 7) is 10.8. The van der Waals surface area contributed by atoms with Gasteiger partial charge < -0.3 is 4.52 Å². The van der Waals surface area contributed by atoms with Crippen LogP contribution in [-0.2, 0) is 22.0 Å². The van der Waals surface area contributed by atoms with Crippen LogP contribution in [0.15, 0.2) is 20.9 Å². The van der Waals surface area contributed by atoms with E-state index in [0.717, 1.165) is 4.88 Å². The molecule has 0 unspecified atom stereocenters. The Hall–Kier alpha value is -1.29. The van der Waals surface area contributed by atoms with Gasteiger partial charge in [-0.25, -0.2) is 8.42 Å². The van der Waals surface area contributed by atoms with E-state index in [0.29, 0.717) is 48.6 Å². The van der Waals surface area contributed by atoms with Crippen molar-refractivity contribution in [3.8, 4) is 0 Å². The molecule has 138 valence electrons. The van der Waals surface area contributed by atoms with Crippen LogP contribution in [0.1, 0.15) is 37.4 Å². The van der Waals surface area contributed by atoms with Crippen molar-refractivity contribution in [2.75, 3.05) is 26.2 Å². The first-order chi connectivity index (χ1) is 11.7. The van der Waals surface area contributed by atoms with Crippen LogP contribution in [0.3, 0.4) is 0 Å². The molecule has 0 atom stereocenters. The van der Waals surface area contributed by atoms with E-state index in [2.05, 4.69) is 15.0 Å². The quantitative estimate of drug-likeness (QED) is 0.804. The fourth-order valence-corrected chi connectivity index (χ4v) is 5.48. The zero-order chi connectivity index (χ0) is 18.2. The van der Waals surface area contributed by atoms with E-state index in [1.54, 1.807) is 10.4 Å². The highest BCUT2D eigenvalue weighted by Gasteiger charge is 2.30. The zero-order valence-electron chi connectivity index (χ0n) is 15.0. The van der Waals surface area contributed by atoms with Gasteiger partial charge in [0.15, 0.2) is 5.82 Å². The Morgan fingerprint density at radius 3 is 2.40 bits per heavy atom. The van der Waals surface area contributed by atoms with Crippen molar-refractivity contribution in [1.29, 1.82) is 0 Å². The van der Waals surface area contributed by atoms with Crippen LogP contribution >= 0.6 is 11.3 Å². The van der Waals surface area contributed by atoms with E-state index in [9.17, 15) is 8.42 Å². The standard InChI is InChI=1S/C16H24N4O3S2/c1-12-5-6-14(24-12)25(21,22)20-9-7-19(8-10-20)11-13-17-15(18-23-13)16(2,3)4/h5-6H,7-11H2,1-4H3. The number of hydrogen-bond acceptors (Lipinski definition) is 7. The number of sulfonamides is 1. The summed E-state index contributed by atoms with van der Waals surface area (Å²) in [7, 11) is -3.38. The minimum atomic E-state index is -3.38. The Morgan fingerprint density at radius 2 is 1.88 bits per heavy atom. The normalized spacial score (nSPS) is 17.9. The lowest BCUT2D eigenvalue weighted by Crippen LogP contribution is -2.48. The largest absolute Gasteiger partial charge is 0.338 e. The fourth-order valence-electron chi connectivity index (χ4n) is 2.62. The van der Waals surface area contributed by atoms with Crippen molar-refractivity contribution in [2.24, 2.45) is 0 Å². The van der Waals surface area contributed by atoms with Crippen LogP contribution in [-0.4, -0.2) is 53.9 Å². The molecule has 0 N–H and O–H groups in total. The van der Waals surface area contributed by atoms with Gasteiger partial charge in [0.25, 0.3) is 10.0 Å². The summed E-state index contributed by atoms with van der Waals surface area (Å²) in [4.78, 5) is 7.59. The molecular formula is C16H24N4O3S2. The maximum absolute atomic E-state index is 12.7. The molecule has 0 aliphatic carbocycles. The van der Waals surface area contributed by atoms with Gasteiger partial charge in [-0.1, -0.05) is 25.9 Å². The van der Waals surface area contributed by atoms with Crippen LogP contribution in [0, 0.1) is 6.92 Å². The molecule has 1 aliphatic rings. The van der Waals surface area contributed by atoms with Gasteiger partial charge in [0.2, 0.25) is 5.89 Å². The summed E-state index contributed by atoms with van der Waals surface area (Å²) < 4.78 is 32.6. The maximum atomic E-state index is 12.7. The van der Waals surface area contributed by atoms with E-state index >= 15 is 0 Å². The first kappa shape index (κ1) is 18.5. The molecular weight excluding hydrogens is 360 g/mol. The Kier molecular flexibility index (Phi) is 5.02. The molecule has 25 heavy (non-hydrogen) atoms. The molecule has 9 heteroatoms. The third kappa shape index (κ3) is 4.11. The Balaban J connectivity index is 1.59. The number of thiophene rings is 1. The third-order valence-electron chi connectivity index (χ3n) is 4.14. The smallest absolute Gasteiger partial charge is 0.252 e. The Bertz CT molecular complexity index is 828. The molecule has 1 aliphatic heterocycles. The van der Waals surface area contributed by atoms with Gasteiger partial charge in [-0.15, -0.1) is 11.3 Å². The van der Waals surface area contributed by atoms with Crippen molar-refractivity contribution in [1.82, 2.24) is 19.3 Å². The number of aromatic nitrogens is 2. The third-order valence-corrected chi connectivity index (χ3v) is 7.51. The van der Waals surface area contributed by atoms with Crippen LogP contribution in [0.25, 0.3) is 0 Å². The van der Waals surface area contributed by atoms with Gasteiger partial charge in [0, 0.05) is 36.5 Å². The van der Waals surface area contributed by atoms with Gasteiger partial charge in [-0.05, 0) is 19.1 Å². The van der Waals surface area contributed by atoms with Gasteiger partial charge >= 0.3 is 0 Å². The van der Waals surface area contributed by atoms with Crippen LogP contribution in [0.4, 0.5) is 0 Å². The van der Waals surface area contributed by atoms with E-state index in [1.807, 2.05) is 33.8 Å². The number of nitrogens with zero attached hydrogens (tertiary/aromatic N) is 4. The first-order valence-corrected chi connectivity index (χ1v) is 10.5. The SMILES string of the molecule is Cc1ccc(S(=O)(=O)N2CCN(Cc3nc(C(C)(C)C)no3)CC2)s1. The van der Waals surface area contributed by atoms with E-state index in [4.69, 9.17) is 4.52 Å². The molecule has 3 heterocycles. The van der Waals surface area contributed by atoms with E-state index < -0.39 is 10.0 Å². The van der Waals surface area contributed by atoms with Gasteiger partial charge in [-0.3, -0.25) is 4.90 Å². The predicted molar refractivity (Wildman–Crippen MR) is 96.1 cm³/mol. The van der Waals surface area contributed by atoms with Crippen molar-refractivity contribution >= 4 is 21.4 Å². The number of piperazine rings is 1. The minimum absolute atomic E-state index is 0.145. The number of hydrogen-bond donors (Lipinski definition) is 0. The second-order valence-corrected chi connectivity index (χ2v) is 10.8. The average Bonchev–Trinajstić information content (AvgIpc) is 3.17. The highest BCUT2D eigenvalue weighted by atomic mass is 32.2. The van der Waals surface area contributed by atoms with Crippen molar-refractivity contribution in [3.63, 3.8) is 0 Å². The summed E-state index contributed by atoms with van der Waals surface area (Å²) in [6.07, 6.45) is 0. The topological polar surface area (TPSA) is 79.5 Å². The zero-order valence-corrected chi connectivity index (χ0v) is 16.7. The molecule has 3 rings (SSSR count). The average molecular weight is 385 g/mol. The molecule has 0 radical (unpaired) electrons. The molecule has 0 amide bonds. The van der Waals surface area contributed by atoms with Crippen LogP contribution in [0.5, 0.6) is 0 Å². The van der Waals surface area contributed by atoms with Crippen LogP contribution in [0.2, 0.25) is 0 Å². The highest BCUT2D eigenvalue weighted by Crippen LogP contribution is 2.25. The molecule has 0 bridgehead atoms. The molecule has 0 saturated carbocycles. The number of aryl methyl sites for hydroxylation is 1. The molecule has 0 spiro atoms. The van der Waals surface area contributed by atoms with Crippen molar-refractivity contribution in [2.45, 2.75) is 43.9 Å². The Labute approximate surface area is 152 Å². The highest BCUT2D eigenvalue weighted by molar-refractivity contribution is 7.91. The summed E-state index contributed by atoms with van der Waals surface area (Å²) in [5, 5.41) is 4.03. The minimum Gasteiger partial charge on any atom is -0.338 e. The number of rotatable bonds is 4. The molecule has 1 fully saturated rings. The molecule has 7 nitrogen and oxygen atoms in total. The van der Waals surface area contributed by atoms with Gasteiger partial charge in [0.05, 0.1) is 6.54 Å². The van der Waals surface area contributed by atoms with E-state index in [-0.39, 0.29) is 5.41 Å². The summed E-state index contributed by atoms with van der Waals surface area (Å²) in [5.74, 6) is 1.27. The van der Waals surface area contributed by atoms with Gasteiger partial charge in [0.1, 0.15) is 4.21 Å². The second kappa shape index (κ2) is 6.79. The maximum Gasteiger partial charge on any atom is 0.252 e. The van der Waals surface area contributed by atoms with Gasteiger partial charge in [-0.2, -0.15) is 9.29 Å². The van der Waals surface area contributed by atoms with E-state index in [1.165, 1.54) is 11.3 Å². The summed E-state index contributed by atoms with van der Waals surface area (Å²) >= 11 is 1.32. The molecule has 2 aromatic rings. The van der Waals surface area contributed by atoms with Crippen LogP contribution < -0.4 is 0 Å².